The largest absolute Gasteiger partial charge is 0.347 e. The minimum Gasteiger partial charge on any atom is -0.347 e. The van der Waals surface area contributed by atoms with Crippen LogP contribution in [0.15, 0.2) is 36.4 Å². The van der Waals surface area contributed by atoms with Crippen LogP contribution in [-0.2, 0) is 11.3 Å². The van der Waals surface area contributed by atoms with Gasteiger partial charge in [0.25, 0.3) is 5.91 Å². The molecule has 1 heterocycles. The van der Waals surface area contributed by atoms with Crippen LogP contribution in [0.2, 0.25) is 0 Å². The molecule has 0 bridgehead atoms. The molecule has 0 aliphatic heterocycles. The van der Waals surface area contributed by atoms with Crippen molar-refractivity contribution in [2.24, 2.45) is 0 Å². The van der Waals surface area contributed by atoms with Crippen LogP contribution in [0.3, 0.4) is 0 Å². The van der Waals surface area contributed by atoms with E-state index in [4.69, 9.17) is 0 Å². The van der Waals surface area contributed by atoms with E-state index in [1.165, 1.54) is 11.8 Å². The van der Waals surface area contributed by atoms with Gasteiger partial charge in [-0.15, -0.1) is 11.3 Å². The number of aryl methyl sites for hydroxylation is 1. The number of benzene rings is 1. The molecule has 0 radical (unpaired) electrons. The van der Waals surface area contributed by atoms with Crippen molar-refractivity contribution < 1.29 is 9.59 Å². The minimum atomic E-state index is -0.129. The topological polar surface area (TPSA) is 58.2 Å². The number of hydrogen-bond donors (Lipinski definition) is 2. The predicted octanol–water partition coefficient (Wildman–Crippen LogP) is 2.94. The molecule has 0 fully saturated rings. The number of amides is 2. The first-order chi connectivity index (χ1) is 9.54. The highest BCUT2D eigenvalue weighted by atomic mass is 32.1. The molecule has 0 aliphatic carbocycles. The van der Waals surface area contributed by atoms with Gasteiger partial charge in [-0.1, -0.05) is 0 Å². The van der Waals surface area contributed by atoms with Gasteiger partial charge in [-0.3, -0.25) is 9.59 Å². The van der Waals surface area contributed by atoms with Crippen LogP contribution in [0, 0.1) is 6.92 Å². The lowest BCUT2D eigenvalue weighted by atomic mass is 10.2. The fraction of sp³-hybridized carbons (Fsp3) is 0.200. The number of rotatable bonds is 4. The number of nitrogens with one attached hydrogen (secondary N) is 2. The summed E-state index contributed by atoms with van der Waals surface area (Å²) in [6.07, 6.45) is 0. The van der Waals surface area contributed by atoms with E-state index in [-0.39, 0.29) is 11.8 Å². The zero-order chi connectivity index (χ0) is 14.5. The van der Waals surface area contributed by atoms with E-state index in [1.54, 1.807) is 35.6 Å². The smallest absolute Gasteiger partial charge is 0.251 e. The van der Waals surface area contributed by atoms with Gasteiger partial charge in [0, 0.05) is 27.9 Å². The van der Waals surface area contributed by atoms with E-state index in [0.717, 1.165) is 4.88 Å². The SMILES string of the molecule is CC(=O)Nc1ccc(C(=O)NCc2ccc(C)s2)cc1. The number of anilines is 1. The van der Waals surface area contributed by atoms with Crippen molar-refractivity contribution in [1.82, 2.24) is 5.32 Å². The van der Waals surface area contributed by atoms with Gasteiger partial charge < -0.3 is 10.6 Å². The van der Waals surface area contributed by atoms with Crippen molar-refractivity contribution in [2.45, 2.75) is 20.4 Å². The third-order valence-corrected chi connectivity index (χ3v) is 3.69. The van der Waals surface area contributed by atoms with Crippen LogP contribution in [-0.4, -0.2) is 11.8 Å². The number of thiophene rings is 1. The van der Waals surface area contributed by atoms with Gasteiger partial charge in [-0.25, -0.2) is 0 Å². The first-order valence-electron chi connectivity index (χ1n) is 6.26. The molecule has 4 nitrogen and oxygen atoms in total. The van der Waals surface area contributed by atoms with Crippen molar-refractivity contribution in [3.63, 3.8) is 0 Å². The van der Waals surface area contributed by atoms with E-state index in [2.05, 4.69) is 10.6 Å². The van der Waals surface area contributed by atoms with Crippen LogP contribution < -0.4 is 10.6 Å². The molecule has 2 N–H and O–H groups in total. The second kappa shape index (κ2) is 6.34. The molecule has 104 valence electrons. The lowest BCUT2D eigenvalue weighted by molar-refractivity contribution is -0.114. The Hall–Kier alpha value is -2.14. The zero-order valence-electron chi connectivity index (χ0n) is 11.4. The summed E-state index contributed by atoms with van der Waals surface area (Å²) in [6, 6.07) is 10.9. The predicted molar refractivity (Wildman–Crippen MR) is 81.0 cm³/mol. The first-order valence-corrected chi connectivity index (χ1v) is 7.07. The molecule has 20 heavy (non-hydrogen) atoms. The molecule has 1 aromatic heterocycles. The van der Waals surface area contributed by atoms with E-state index in [1.807, 2.05) is 19.1 Å². The normalized spacial score (nSPS) is 10.1. The standard InChI is InChI=1S/C15H16N2O2S/c1-10-3-8-14(20-10)9-16-15(19)12-4-6-13(7-5-12)17-11(2)18/h3-8H,9H2,1-2H3,(H,16,19)(H,17,18). The summed E-state index contributed by atoms with van der Waals surface area (Å²) in [5, 5.41) is 5.54. The molecule has 0 saturated heterocycles. The fourth-order valence-electron chi connectivity index (χ4n) is 1.76. The fourth-order valence-corrected chi connectivity index (χ4v) is 2.59. The maximum atomic E-state index is 12.0. The molecule has 5 heteroatoms. The molecule has 0 unspecified atom stereocenters. The molecule has 2 rings (SSSR count). The van der Waals surface area contributed by atoms with Crippen LogP contribution in [0.5, 0.6) is 0 Å². The van der Waals surface area contributed by atoms with Crippen molar-refractivity contribution in [3.05, 3.63) is 51.7 Å². The Morgan fingerprint density at radius 3 is 2.35 bits per heavy atom. The number of carbonyl (C=O) groups is 2. The van der Waals surface area contributed by atoms with Gasteiger partial charge >= 0.3 is 0 Å². The van der Waals surface area contributed by atoms with Gasteiger partial charge in [-0.2, -0.15) is 0 Å². The van der Waals surface area contributed by atoms with E-state index >= 15 is 0 Å². The summed E-state index contributed by atoms with van der Waals surface area (Å²) in [5.41, 5.74) is 1.26. The van der Waals surface area contributed by atoms with Crippen LogP contribution >= 0.6 is 11.3 Å². The van der Waals surface area contributed by atoms with Crippen molar-refractivity contribution in [1.29, 1.82) is 0 Å². The summed E-state index contributed by atoms with van der Waals surface area (Å²) >= 11 is 1.67. The minimum absolute atomic E-state index is 0.120. The lowest BCUT2D eigenvalue weighted by Gasteiger charge is -2.05. The van der Waals surface area contributed by atoms with E-state index < -0.39 is 0 Å². The van der Waals surface area contributed by atoms with Gasteiger partial charge in [0.1, 0.15) is 0 Å². The van der Waals surface area contributed by atoms with Crippen LogP contribution in [0.25, 0.3) is 0 Å². The Morgan fingerprint density at radius 1 is 1.10 bits per heavy atom. The molecule has 0 atom stereocenters. The van der Waals surface area contributed by atoms with Gasteiger partial charge in [0.15, 0.2) is 0 Å². The average Bonchev–Trinajstić information content (AvgIpc) is 2.82. The Labute approximate surface area is 121 Å². The molecule has 2 aromatic rings. The monoisotopic (exact) mass is 288 g/mol. The van der Waals surface area contributed by atoms with E-state index in [9.17, 15) is 9.59 Å². The maximum Gasteiger partial charge on any atom is 0.251 e. The Kier molecular flexibility index (Phi) is 4.53. The second-order valence-corrected chi connectivity index (χ2v) is 5.83. The summed E-state index contributed by atoms with van der Waals surface area (Å²) in [5.74, 6) is -0.249. The van der Waals surface area contributed by atoms with Gasteiger partial charge in [-0.05, 0) is 43.3 Å². The van der Waals surface area contributed by atoms with Crippen LogP contribution in [0.4, 0.5) is 5.69 Å². The molecule has 1 aromatic carbocycles. The third kappa shape index (κ3) is 3.93. The first kappa shape index (κ1) is 14.3. The third-order valence-electron chi connectivity index (χ3n) is 2.69. The Morgan fingerprint density at radius 2 is 1.80 bits per heavy atom. The summed E-state index contributed by atoms with van der Waals surface area (Å²) < 4.78 is 0. The van der Waals surface area contributed by atoms with Crippen LogP contribution in [0.1, 0.15) is 27.0 Å². The molecule has 2 amide bonds. The second-order valence-electron chi connectivity index (χ2n) is 4.45. The highest BCUT2D eigenvalue weighted by Gasteiger charge is 2.06. The molecule has 0 aliphatic rings. The van der Waals surface area contributed by atoms with E-state index in [0.29, 0.717) is 17.8 Å². The molecular formula is C15H16N2O2S. The number of carbonyl (C=O) groups excluding carboxylic acids is 2. The lowest BCUT2D eigenvalue weighted by Crippen LogP contribution is -2.22. The van der Waals surface area contributed by atoms with Crippen molar-refractivity contribution in [3.8, 4) is 0 Å². The molecule has 0 spiro atoms. The molecular weight excluding hydrogens is 272 g/mol. The number of hydrogen-bond acceptors (Lipinski definition) is 3. The zero-order valence-corrected chi connectivity index (χ0v) is 12.2. The summed E-state index contributed by atoms with van der Waals surface area (Å²) in [6.45, 7) is 4.02. The quantitative estimate of drug-likeness (QED) is 0.908. The maximum absolute atomic E-state index is 12.0. The highest BCUT2D eigenvalue weighted by molar-refractivity contribution is 7.11. The van der Waals surface area contributed by atoms with Crippen molar-refractivity contribution in [2.75, 3.05) is 5.32 Å². The Bertz CT molecular complexity index is 617. The average molecular weight is 288 g/mol. The Balaban J connectivity index is 1.93. The molecule has 0 saturated carbocycles. The highest BCUT2D eigenvalue weighted by Crippen LogP contribution is 2.15. The summed E-state index contributed by atoms with van der Waals surface area (Å²) in [4.78, 5) is 25.2. The summed E-state index contributed by atoms with van der Waals surface area (Å²) in [7, 11) is 0. The van der Waals surface area contributed by atoms with Crippen molar-refractivity contribution >= 4 is 28.8 Å². The van der Waals surface area contributed by atoms with Gasteiger partial charge in [0.2, 0.25) is 5.91 Å². The van der Waals surface area contributed by atoms with Gasteiger partial charge in [0.05, 0.1) is 6.54 Å².